The molecule has 0 unspecified atom stereocenters. The van der Waals surface area contributed by atoms with E-state index in [0.717, 1.165) is 11.1 Å². The lowest BCUT2D eigenvalue weighted by Crippen LogP contribution is -2.49. The molecule has 0 radical (unpaired) electrons. The van der Waals surface area contributed by atoms with Gasteiger partial charge in [0, 0.05) is 17.3 Å². The van der Waals surface area contributed by atoms with E-state index in [9.17, 15) is 28.2 Å². The van der Waals surface area contributed by atoms with Gasteiger partial charge in [0.25, 0.3) is 5.91 Å². The molecule has 1 saturated carbocycles. The number of hydrogen-bond donors (Lipinski definition) is 4. The fourth-order valence-corrected chi connectivity index (χ4v) is 6.84. The number of H-pyrrole nitrogens is 1. The van der Waals surface area contributed by atoms with Crippen LogP contribution in [-0.2, 0) is 20.3 Å². The number of carbonyl (C=O) groups excluding carboxylic acids is 2. The van der Waals surface area contributed by atoms with Crippen molar-refractivity contribution in [2.24, 2.45) is 5.41 Å². The van der Waals surface area contributed by atoms with E-state index >= 15 is 0 Å². The summed E-state index contributed by atoms with van der Waals surface area (Å²) in [5.74, 6) is -0.343. The number of rotatable bonds is 10. The molecular weight excluding hydrogens is 695 g/mol. The van der Waals surface area contributed by atoms with Crippen molar-refractivity contribution in [3.63, 3.8) is 0 Å². The van der Waals surface area contributed by atoms with E-state index in [2.05, 4.69) is 25.6 Å². The summed E-state index contributed by atoms with van der Waals surface area (Å²) < 4.78 is 48.3. The summed E-state index contributed by atoms with van der Waals surface area (Å²) in [6.45, 7) is 5.36. The lowest BCUT2D eigenvalue weighted by Gasteiger charge is -2.35. The number of aromatic amines is 1. The molecule has 19 heteroatoms. The van der Waals surface area contributed by atoms with E-state index in [1.165, 1.54) is 11.2 Å². The number of nitrogens with zero attached hydrogens (tertiary/aromatic N) is 5. The van der Waals surface area contributed by atoms with Gasteiger partial charge in [-0.05, 0) is 58.7 Å². The van der Waals surface area contributed by atoms with Crippen molar-refractivity contribution >= 4 is 53.1 Å². The van der Waals surface area contributed by atoms with Gasteiger partial charge < -0.3 is 15.4 Å². The fourth-order valence-electron chi connectivity index (χ4n) is 6.64. The highest BCUT2D eigenvalue weighted by molar-refractivity contribution is 6.56. The summed E-state index contributed by atoms with van der Waals surface area (Å²) in [5, 5.41) is 25.3. The van der Waals surface area contributed by atoms with Crippen LogP contribution in [-0.4, -0.2) is 89.7 Å². The maximum absolute atomic E-state index is 15.0. The summed E-state index contributed by atoms with van der Waals surface area (Å²) in [6.07, 6.45) is -1.38. The third-order valence-electron chi connectivity index (χ3n) is 9.28. The number of aromatic nitrogens is 5. The number of carbonyl (C=O) groups is 2. The molecule has 12 nitrogen and oxygen atoms in total. The molecule has 3 heterocycles. The minimum Gasteiger partial charge on any atom is -0.447 e. The zero-order valence-electron chi connectivity index (χ0n) is 29.7. The number of halogens is 4. The minimum atomic E-state index is -4.66. The Morgan fingerprint density at radius 2 is 1.81 bits per heavy atom. The van der Waals surface area contributed by atoms with Gasteiger partial charge >= 0.3 is 12.3 Å². The number of amides is 2. The number of benzene rings is 2. The average molecular weight is 734 g/mol. The van der Waals surface area contributed by atoms with Crippen LogP contribution in [0.1, 0.15) is 57.2 Å². The third kappa shape index (κ3) is 7.04. The Hall–Kier alpha value is -4.73. The molecule has 52 heavy (non-hydrogen) atoms. The molecule has 1 aliphatic heterocycles. The molecule has 2 aliphatic rings. The molecule has 1 saturated heterocycles. The molecule has 0 bridgehead atoms. The Bertz CT molecular complexity index is 1990. The molecule has 2 aromatic carbocycles. The topological polar surface area (TPSA) is 154 Å². The van der Waals surface area contributed by atoms with Crippen LogP contribution in [0.2, 0.25) is 5.02 Å². The van der Waals surface area contributed by atoms with Gasteiger partial charge in [-0.2, -0.15) is 23.4 Å². The van der Waals surface area contributed by atoms with Crippen LogP contribution >= 0.6 is 11.6 Å². The molecule has 4 N–H and O–H groups in total. The second-order valence-corrected chi connectivity index (χ2v) is 16.0. The molecule has 270 valence electrons. The summed E-state index contributed by atoms with van der Waals surface area (Å²) in [4.78, 5) is 33.5. The van der Waals surface area contributed by atoms with Crippen molar-refractivity contribution in [3.05, 3.63) is 77.3 Å². The Morgan fingerprint density at radius 3 is 2.38 bits per heavy atom. The number of hydrogen-bond acceptors (Lipinski definition) is 7. The Kier molecular flexibility index (Phi) is 9.29. The quantitative estimate of drug-likeness (QED) is 0.183. The van der Waals surface area contributed by atoms with Crippen LogP contribution in [0.25, 0.3) is 22.5 Å². The number of alkyl halides is 3. The van der Waals surface area contributed by atoms with E-state index in [4.69, 9.17) is 16.3 Å². The smallest absolute Gasteiger partial charge is 0.411 e. The molecule has 6 rings (SSSR count). The van der Waals surface area contributed by atoms with Crippen molar-refractivity contribution in [1.82, 2.24) is 40.5 Å². The first-order chi connectivity index (χ1) is 24.2. The number of nitrogens with one attached hydrogen (secondary N) is 4. The Balaban J connectivity index is 1.41. The van der Waals surface area contributed by atoms with Gasteiger partial charge in [0.2, 0.25) is 0 Å². The Morgan fingerprint density at radius 1 is 1.12 bits per heavy atom. The van der Waals surface area contributed by atoms with Crippen LogP contribution in [0.5, 0.6) is 0 Å². The largest absolute Gasteiger partial charge is 0.447 e. The first kappa shape index (κ1) is 37.0. The second-order valence-electron chi connectivity index (χ2n) is 15.6. The van der Waals surface area contributed by atoms with E-state index in [1.54, 1.807) is 35.3 Å². The number of ether oxygens (including phenoxy) is 1. The maximum atomic E-state index is 15.0. The van der Waals surface area contributed by atoms with Gasteiger partial charge in [0.15, 0.2) is 11.8 Å². The molecule has 1 aliphatic carbocycles. The van der Waals surface area contributed by atoms with Gasteiger partial charge in [-0.15, -0.1) is 0 Å². The summed E-state index contributed by atoms with van der Waals surface area (Å²) in [5.41, 5.74) is -1.03. The maximum Gasteiger partial charge on any atom is 0.411 e. The standard InChI is InChI=1S/C33H38B3ClF3N9O3/c1-29(2,3)16-31(21-7-4-18(5-8-21)20-13-43-44-14-20)26(50)48(27(41)46-31)24(15-52-28(51)47-30(10-11-30)32(38,39)40)19-6-9-23(37)22(12-19)25-42-17-45-49(25)33(34,35)36/h4-9,12-14,17,24H,10-11,15-16,34-36H2,1-3H3,(H2,41,46)(H,43,44)(H,47,51)/t24-,31-/m1/s1. The second kappa shape index (κ2) is 13.0. The summed E-state index contributed by atoms with van der Waals surface area (Å²) >= 11 is 6.70. The van der Waals surface area contributed by atoms with Gasteiger partial charge in [0.1, 0.15) is 47.6 Å². The highest BCUT2D eigenvalue weighted by Gasteiger charge is 2.64. The van der Waals surface area contributed by atoms with Crippen LogP contribution in [0.4, 0.5) is 18.0 Å². The highest BCUT2D eigenvalue weighted by Crippen LogP contribution is 2.49. The predicted octanol–water partition coefficient (Wildman–Crippen LogP) is 3.02. The monoisotopic (exact) mass is 733 g/mol. The van der Waals surface area contributed by atoms with Crippen molar-refractivity contribution in [1.29, 1.82) is 5.41 Å². The van der Waals surface area contributed by atoms with Crippen molar-refractivity contribution in [3.8, 4) is 22.5 Å². The van der Waals surface area contributed by atoms with E-state index in [0.29, 0.717) is 27.5 Å². The molecular formula is C33H38B3ClF3N9O3. The van der Waals surface area contributed by atoms with Gasteiger partial charge in [-0.3, -0.25) is 24.9 Å². The molecule has 2 amide bonds. The third-order valence-corrected chi connectivity index (χ3v) is 9.61. The summed E-state index contributed by atoms with van der Waals surface area (Å²) in [6, 6.07) is 11.1. The minimum absolute atomic E-state index is 0.266. The normalized spacial score (nSPS) is 19.3. The van der Waals surface area contributed by atoms with Gasteiger partial charge in [-0.25, -0.2) is 9.78 Å². The van der Waals surface area contributed by atoms with Gasteiger partial charge in [-0.1, -0.05) is 62.7 Å². The molecule has 2 fully saturated rings. The van der Waals surface area contributed by atoms with E-state index in [1.807, 2.05) is 73.9 Å². The van der Waals surface area contributed by atoms with Crippen molar-refractivity contribution < 1.29 is 27.5 Å². The lowest BCUT2D eigenvalue weighted by molar-refractivity contribution is -0.164. The average Bonchev–Trinajstić information content (AvgIpc) is 3.38. The number of alkyl carbamates (subject to hydrolysis) is 1. The van der Waals surface area contributed by atoms with Crippen LogP contribution in [0, 0.1) is 10.8 Å². The fraction of sp³-hybridized carbons (Fsp3) is 0.394. The molecule has 4 aromatic rings. The SMILES string of the molecule is BC(B)(B)n1ncnc1-c1cc([C@@H](COC(=O)NC2(C(F)(F)F)CC2)N2C(=N)N[C@](CC(C)(C)C)(c3ccc(-c4cn[nH]c4)cc3)C2=O)ccc1Cl. The molecule has 2 aromatic heterocycles. The zero-order valence-corrected chi connectivity index (χ0v) is 30.4. The van der Waals surface area contributed by atoms with E-state index < -0.39 is 52.6 Å². The Labute approximate surface area is 306 Å². The van der Waals surface area contributed by atoms with Crippen LogP contribution in [0.15, 0.2) is 61.2 Å². The zero-order chi connectivity index (χ0) is 37.9. The van der Waals surface area contributed by atoms with Crippen LogP contribution in [0.3, 0.4) is 0 Å². The van der Waals surface area contributed by atoms with Crippen molar-refractivity contribution in [2.75, 3.05) is 6.61 Å². The van der Waals surface area contributed by atoms with Gasteiger partial charge in [0.05, 0.1) is 17.3 Å². The first-order valence-electron chi connectivity index (χ1n) is 16.8. The lowest BCUT2D eigenvalue weighted by atomic mass is 9.49. The number of guanidine groups is 1. The van der Waals surface area contributed by atoms with Crippen LogP contribution < -0.4 is 10.6 Å². The van der Waals surface area contributed by atoms with Crippen molar-refractivity contribution in [2.45, 2.75) is 68.6 Å². The molecule has 0 spiro atoms. The first-order valence-corrected chi connectivity index (χ1v) is 17.1. The predicted molar refractivity (Wildman–Crippen MR) is 197 cm³/mol. The summed E-state index contributed by atoms with van der Waals surface area (Å²) in [7, 11) is 5.83. The highest BCUT2D eigenvalue weighted by atomic mass is 35.5. The van der Waals surface area contributed by atoms with E-state index in [-0.39, 0.29) is 25.2 Å². The molecule has 2 atom stereocenters.